The van der Waals surface area contributed by atoms with Gasteiger partial charge in [-0.25, -0.2) is 4.98 Å². The number of fused-ring (bicyclic) bond motifs is 2. The van der Waals surface area contributed by atoms with Crippen LogP contribution >= 0.6 is 0 Å². The topological polar surface area (TPSA) is 62.1 Å². The molecule has 8 rings (SSSR count). The first-order valence-corrected chi connectivity index (χ1v) is 15.1. The van der Waals surface area contributed by atoms with Crippen molar-refractivity contribution in [2.45, 2.75) is 0 Å². The number of hydrogen-bond donors (Lipinski definition) is 1. The van der Waals surface area contributed by atoms with E-state index >= 15 is 0 Å². The Morgan fingerprint density at radius 2 is 1.26 bits per heavy atom. The SMILES string of the molecule is Oc1ccccc1-c1nc(-c2[c-]c(N(c3cccc4ccccc34)c3nccc4ccccc34)ccc2)cnc1-c1ccccc1.[Pt]. The molecule has 0 radical (unpaired) electrons. The van der Waals surface area contributed by atoms with Crippen molar-refractivity contribution >= 4 is 38.7 Å². The van der Waals surface area contributed by atoms with Crippen molar-refractivity contribution in [1.82, 2.24) is 15.0 Å². The number of nitrogens with zero attached hydrogens (tertiary/aromatic N) is 4. The Bertz CT molecular complexity index is 2270. The maximum absolute atomic E-state index is 10.8. The summed E-state index contributed by atoms with van der Waals surface area (Å²) in [5.74, 6) is 0.955. The minimum atomic E-state index is 0. The van der Waals surface area contributed by atoms with E-state index in [1.165, 1.54) is 0 Å². The Morgan fingerprint density at radius 3 is 2.09 bits per heavy atom. The van der Waals surface area contributed by atoms with Crippen LogP contribution in [0.1, 0.15) is 0 Å². The largest absolute Gasteiger partial charge is 0.507 e. The third kappa shape index (κ3) is 5.67. The van der Waals surface area contributed by atoms with Crippen LogP contribution in [0.2, 0.25) is 0 Å². The Kier molecular flexibility index (Phi) is 8.31. The Morgan fingerprint density at radius 1 is 0.574 bits per heavy atom. The van der Waals surface area contributed by atoms with Gasteiger partial charge in [-0.3, -0.25) is 9.97 Å². The summed E-state index contributed by atoms with van der Waals surface area (Å²) >= 11 is 0. The second-order valence-corrected chi connectivity index (χ2v) is 11.0. The first kappa shape index (κ1) is 30.0. The van der Waals surface area contributed by atoms with Crippen LogP contribution in [0.4, 0.5) is 17.2 Å². The van der Waals surface area contributed by atoms with Crippen molar-refractivity contribution in [3.8, 4) is 39.5 Å². The van der Waals surface area contributed by atoms with Gasteiger partial charge in [0, 0.05) is 61.1 Å². The number of hydrogen-bond acceptors (Lipinski definition) is 5. The van der Waals surface area contributed by atoms with Crippen molar-refractivity contribution in [2.75, 3.05) is 4.90 Å². The number of phenols is 1. The van der Waals surface area contributed by atoms with E-state index in [4.69, 9.17) is 15.0 Å². The molecule has 0 saturated carbocycles. The molecule has 0 aliphatic heterocycles. The molecule has 47 heavy (non-hydrogen) atoms. The second kappa shape index (κ2) is 13.0. The quantitative estimate of drug-likeness (QED) is 0.170. The van der Waals surface area contributed by atoms with E-state index in [0.29, 0.717) is 22.6 Å². The molecule has 0 aliphatic carbocycles. The van der Waals surface area contributed by atoms with Crippen LogP contribution in [0, 0.1) is 6.07 Å². The molecule has 0 spiro atoms. The summed E-state index contributed by atoms with van der Waals surface area (Å²) in [6, 6.07) is 51.9. The zero-order valence-electron chi connectivity index (χ0n) is 25.1. The number of aromatic hydroxyl groups is 1. The van der Waals surface area contributed by atoms with E-state index < -0.39 is 0 Å². The molecule has 2 heterocycles. The molecule has 0 fully saturated rings. The predicted octanol–water partition coefficient (Wildman–Crippen LogP) is 10.2. The van der Waals surface area contributed by atoms with Crippen LogP contribution in [0.25, 0.3) is 55.3 Å². The van der Waals surface area contributed by atoms with Gasteiger partial charge in [0.05, 0.1) is 17.1 Å². The molecule has 0 bridgehead atoms. The van der Waals surface area contributed by atoms with Crippen LogP contribution in [0.5, 0.6) is 5.75 Å². The number of aromatic nitrogens is 3. The van der Waals surface area contributed by atoms with E-state index in [9.17, 15) is 5.11 Å². The first-order valence-electron chi connectivity index (χ1n) is 15.1. The van der Waals surface area contributed by atoms with Gasteiger partial charge in [-0.1, -0.05) is 103 Å². The molecule has 0 saturated heterocycles. The van der Waals surface area contributed by atoms with Crippen molar-refractivity contribution in [3.63, 3.8) is 0 Å². The minimum Gasteiger partial charge on any atom is -0.507 e. The smallest absolute Gasteiger partial charge is 0.144 e. The number of pyridine rings is 1. The molecule has 0 unspecified atom stereocenters. The maximum atomic E-state index is 10.8. The Labute approximate surface area is 287 Å². The zero-order valence-corrected chi connectivity index (χ0v) is 27.3. The van der Waals surface area contributed by atoms with Gasteiger partial charge in [-0.2, -0.15) is 0 Å². The number of benzene rings is 6. The Balaban J connectivity index is 0.00000351. The molecule has 228 valence electrons. The molecule has 1 N–H and O–H groups in total. The maximum Gasteiger partial charge on any atom is 0.144 e. The monoisotopic (exact) mass is 786 g/mol. The first-order chi connectivity index (χ1) is 22.7. The molecule has 0 atom stereocenters. The number of rotatable bonds is 6. The molecular formula is C41H27N4OPt-. The number of para-hydroxylation sites is 1. The third-order valence-corrected chi connectivity index (χ3v) is 8.15. The van der Waals surface area contributed by atoms with Gasteiger partial charge < -0.3 is 10.0 Å². The summed E-state index contributed by atoms with van der Waals surface area (Å²) in [5, 5.41) is 15.2. The van der Waals surface area contributed by atoms with Crippen molar-refractivity contribution in [2.24, 2.45) is 0 Å². The minimum absolute atomic E-state index is 0. The summed E-state index contributed by atoms with van der Waals surface area (Å²) < 4.78 is 0. The fourth-order valence-corrected chi connectivity index (χ4v) is 5.97. The standard InChI is InChI=1S/C41H27N4O.Pt/c46-38-23-9-8-21-35(38)40-39(30-14-2-1-3-15-30)43-27-36(44-40)31-17-10-18-32(26-31)45(37-22-11-16-28-12-4-6-19-33(28)37)41-34-20-7-5-13-29(34)24-25-42-41;/h1-25,27,46H;/q-1;. The van der Waals surface area contributed by atoms with Gasteiger partial charge in [0.1, 0.15) is 11.6 Å². The number of phenolic OH excluding ortho intramolecular Hbond substituents is 1. The van der Waals surface area contributed by atoms with Gasteiger partial charge >= 0.3 is 0 Å². The van der Waals surface area contributed by atoms with Crippen molar-refractivity contribution in [1.29, 1.82) is 0 Å². The van der Waals surface area contributed by atoms with Crippen LogP contribution in [-0.2, 0) is 21.1 Å². The molecule has 0 amide bonds. The van der Waals surface area contributed by atoms with E-state index in [-0.39, 0.29) is 26.8 Å². The molecule has 0 aliphatic rings. The molecule has 6 aromatic carbocycles. The molecular weight excluding hydrogens is 760 g/mol. The van der Waals surface area contributed by atoms with Gasteiger partial charge in [0.2, 0.25) is 0 Å². The molecule has 2 aromatic heterocycles. The number of anilines is 3. The van der Waals surface area contributed by atoms with E-state index in [0.717, 1.165) is 49.9 Å². The zero-order chi connectivity index (χ0) is 30.9. The summed E-state index contributed by atoms with van der Waals surface area (Å²) in [5.41, 5.74) is 6.05. The van der Waals surface area contributed by atoms with Crippen LogP contribution in [-0.4, -0.2) is 20.1 Å². The summed E-state index contributed by atoms with van der Waals surface area (Å²) in [6.07, 6.45) is 3.63. The molecule has 6 heteroatoms. The summed E-state index contributed by atoms with van der Waals surface area (Å²) in [7, 11) is 0. The van der Waals surface area contributed by atoms with Crippen molar-refractivity contribution < 1.29 is 26.2 Å². The van der Waals surface area contributed by atoms with Crippen LogP contribution in [0.15, 0.2) is 158 Å². The van der Waals surface area contributed by atoms with E-state index in [1.54, 1.807) is 18.3 Å². The second-order valence-electron chi connectivity index (χ2n) is 11.0. The molecule has 5 nitrogen and oxygen atoms in total. The van der Waals surface area contributed by atoms with Crippen LogP contribution in [0.3, 0.4) is 0 Å². The van der Waals surface area contributed by atoms with E-state index in [2.05, 4.69) is 65.6 Å². The predicted molar refractivity (Wildman–Crippen MR) is 186 cm³/mol. The third-order valence-electron chi connectivity index (χ3n) is 8.15. The van der Waals surface area contributed by atoms with E-state index in [1.807, 2.05) is 85.1 Å². The summed E-state index contributed by atoms with van der Waals surface area (Å²) in [4.78, 5) is 17.1. The fourth-order valence-electron chi connectivity index (χ4n) is 5.97. The Hall–Kier alpha value is -5.64. The fraction of sp³-hybridized carbons (Fsp3) is 0. The average Bonchev–Trinajstić information content (AvgIpc) is 3.12. The van der Waals surface area contributed by atoms with Crippen LogP contribution < -0.4 is 4.90 Å². The van der Waals surface area contributed by atoms with Gasteiger partial charge in [-0.15, -0.1) is 29.8 Å². The van der Waals surface area contributed by atoms with Gasteiger partial charge in [0.25, 0.3) is 0 Å². The molecule has 8 aromatic rings. The normalized spacial score (nSPS) is 10.9. The summed E-state index contributed by atoms with van der Waals surface area (Å²) in [6.45, 7) is 0. The van der Waals surface area contributed by atoms with Gasteiger partial charge in [0.15, 0.2) is 0 Å². The average molecular weight is 787 g/mol. The van der Waals surface area contributed by atoms with Gasteiger partial charge in [-0.05, 0) is 40.7 Å². The van der Waals surface area contributed by atoms with Crippen molar-refractivity contribution in [3.05, 3.63) is 164 Å².